The Balaban J connectivity index is 1.43. The number of aromatic nitrogens is 1. The smallest absolute Gasteiger partial charge is 0.416 e. The van der Waals surface area contributed by atoms with Crippen LogP contribution in [0.3, 0.4) is 0 Å². The molecule has 5 aromatic rings. The molecule has 0 aliphatic rings. The van der Waals surface area contributed by atoms with Crippen LogP contribution >= 0.6 is 0 Å². The molecule has 0 N–H and O–H groups in total. The second-order valence-electron chi connectivity index (χ2n) is 12.1. The van der Waals surface area contributed by atoms with Crippen LogP contribution < -0.4 is 0 Å². The Labute approximate surface area is 290 Å². The molecule has 5 rings (SSSR count). The van der Waals surface area contributed by atoms with Gasteiger partial charge in [-0.05, 0) is 66.2 Å². The van der Waals surface area contributed by atoms with Gasteiger partial charge in [-0.25, -0.2) is 0 Å². The summed E-state index contributed by atoms with van der Waals surface area (Å²) in [5.41, 5.74) is 3.04. The van der Waals surface area contributed by atoms with E-state index < -0.39 is 23.7 Å². The molecule has 0 bridgehead atoms. The van der Waals surface area contributed by atoms with Crippen molar-refractivity contribution in [2.45, 2.75) is 31.7 Å². The van der Waals surface area contributed by atoms with E-state index in [1.807, 2.05) is 96.9 Å². The van der Waals surface area contributed by atoms with Crippen LogP contribution in [0.5, 0.6) is 0 Å². The number of nitrogens with zero attached hydrogens (tertiary/aromatic N) is 4. The molecule has 0 spiro atoms. The van der Waals surface area contributed by atoms with Crippen LogP contribution in [0.4, 0.5) is 13.2 Å². The normalized spacial score (nSPS) is 12.3. The molecule has 0 radical (unpaired) electrons. The minimum absolute atomic E-state index is 0.119. The number of furan rings is 1. The van der Waals surface area contributed by atoms with Crippen molar-refractivity contribution in [1.29, 1.82) is 0 Å². The van der Waals surface area contributed by atoms with Gasteiger partial charge in [0, 0.05) is 50.9 Å². The number of carbonyl (C=O) groups is 2. The van der Waals surface area contributed by atoms with Crippen molar-refractivity contribution in [2.24, 2.45) is 0 Å². The fourth-order valence-electron chi connectivity index (χ4n) is 5.50. The maximum atomic E-state index is 14.3. The number of hydrogen-bond donors (Lipinski definition) is 0. The Hall–Kier alpha value is -5.48. The molecule has 2 heterocycles. The molecule has 2 aromatic heterocycles. The van der Waals surface area contributed by atoms with Crippen LogP contribution in [0.2, 0.25) is 0 Å². The molecule has 0 fully saturated rings. The lowest BCUT2D eigenvalue weighted by atomic mass is 10.0. The highest BCUT2D eigenvalue weighted by Gasteiger charge is 2.32. The molecule has 1 atom stereocenters. The second-order valence-corrected chi connectivity index (χ2v) is 12.1. The zero-order valence-corrected chi connectivity index (χ0v) is 28.0. The molecular weight excluding hydrogens is 641 g/mol. The SMILES string of the molecule is CN(CCN(C)C(=O)C(Cc1ccccc1)N(Cc1ccc(-c2ccccn2)cc1)C(=O)C=Cc1ccc(C(F)(F)F)cc1)Cc1ccco1. The summed E-state index contributed by atoms with van der Waals surface area (Å²) < 4.78 is 44.9. The molecule has 7 nitrogen and oxygen atoms in total. The Morgan fingerprint density at radius 1 is 0.800 bits per heavy atom. The maximum absolute atomic E-state index is 14.3. The summed E-state index contributed by atoms with van der Waals surface area (Å²) in [5.74, 6) is 0.132. The lowest BCUT2D eigenvalue weighted by Gasteiger charge is -2.34. The Morgan fingerprint density at radius 3 is 2.16 bits per heavy atom. The first-order valence-electron chi connectivity index (χ1n) is 16.2. The van der Waals surface area contributed by atoms with Gasteiger partial charge in [0.2, 0.25) is 11.8 Å². The van der Waals surface area contributed by atoms with Crippen molar-refractivity contribution in [2.75, 3.05) is 27.2 Å². The number of alkyl halides is 3. The van der Waals surface area contributed by atoms with Crippen LogP contribution in [0.25, 0.3) is 17.3 Å². The van der Waals surface area contributed by atoms with E-state index in [2.05, 4.69) is 4.98 Å². The van der Waals surface area contributed by atoms with Gasteiger partial charge >= 0.3 is 6.18 Å². The highest BCUT2D eigenvalue weighted by Crippen LogP contribution is 2.29. The van der Waals surface area contributed by atoms with E-state index in [1.54, 1.807) is 24.4 Å². The first-order valence-corrected chi connectivity index (χ1v) is 16.2. The molecule has 3 aromatic carbocycles. The van der Waals surface area contributed by atoms with Crippen LogP contribution in [-0.2, 0) is 35.3 Å². The summed E-state index contributed by atoms with van der Waals surface area (Å²) in [4.78, 5) is 38.0. The van der Waals surface area contributed by atoms with Gasteiger partial charge in [0.25, 0.3) is 0 Å². The third kappa shape index (κ3) is 10.0. The van der Waals surface area contributed by atoms with Crippen molar-refractivity contribution in [3.05, 3.63) is 156 Å². The number of likely N-dealkylation sites (N-methyl/N-ethyl adjacent to an activating group) is 2. The molecule has 1 unspecified atom stereocenters. The van der Waals surface area contributed by atoms with Gasteiger partial charge in [0.1, 0.15) is 11.8 Å². The van der Waals surface area contributed by atoms with E-state index in [-0.39, 0.29) is 18.9 Å². The average Bonchev–Trinajstić information content (AvgIpc) is 3.64. The predicted octanol–water partition coefficient (Wildman–Crippen LogP) is 7.60. The van der Waals surface area contributed by atoms with Crippen LogP contribution in [0.1, 0.15) is 28.0 Å². The quantitative estimate of drug-likeness (QED) is 0.113. The van der Waals surface area contributed by atoms with Crippen molar-refractivity contribution in [3.8, 4) is 11.3 Å². The average molecular weight is 681 g/mol. The summed E-state index contributed by atoms with van der Waals surface area (Å²) >= 11 is 0. The summed E-state index contributed by atoms with van der Waals surface area (Å²) in [6.45, 7) is 1.67. The fourth-order valence-corrected chi connectivity index (χ4v) is 5.50. The lowest BCUT2D eigenvalue weighted by molar-refractivity contribution is -0.143. The number of pyridine rings is 1. The molecule has 2 amide bonds. The topological polar surface area (TPSA) is 69.9 Å². The maximum Gasteiger partial charge on any atom is 0.416 e. The van der Waals surface area contributed by atoms with E-state index in [4.69, 9.17) is 4.42 Å². The van der Waals surface area contributed by atoms with Crippen LogP contribution in [0, 0.1) is 0 Å². The zero-order valence-electron chi connectivity index (χ0n) is 28.0. The molecule has 10 heteroatoms. The summed E-state index contributed by atoms with van der Waals surface area (Å²) in [5, 5.41) is 0. The van der Waals surface area contributed by atoms with Gasteiger partial charge in [-0.3, -0.25) is 19.5 Å². The molecule has 50 heavy (non-hydrogen) atoms. The van der Waals surface area contributed by atoms with E-state index in [0.717, 1.165) is 40.3 Å². The van der Waals surface area contributed by atoms with Crippen LogP contribution in [0.15, 0.2) is 132 Å². The molecule has 258 valence electrons. The molecular formula is C40H39F3N4O3. The Kier molecular flexibility index (Phi) is 12.0. The standard InChI is InChI=1S/C40H39F3N4O3/c1-45(29-35-11-8-26-50-35)24-25-46(2)39(49)37(27-31-9-4-3-5-10-31)47(28-32-13-18-33(19-14-32)36-12-6-7-23-44-36)38(48)22-17-30-15-20-34(21-16-30)40(41,42)43/h3-23,26,37H,24-25,27-29H2,1-2H3. The number of benzene rings is 3. The lowest BCUT2D eigenvalue weighted by Crippen LogP contribution is -2.51. The summed E-state index contributed by atoms with van der Waals surface area (Å²) in [6, 6.07) is 30.2. The van der Waals surface area contributed by atoms with E-state index >= 15 is 0 Å². The third-order valence-corrected chi connectivity index (χ3v) is 8.34. The molecule has 0 saturated heterocycles. The first kappa shape index (κ1) is 35.8. The van der Waals surface area contributed by atoms with Gasteiger partial charge in [0.05, 0.1) is 24.1 Å². The van der Waals surface area contributed by atoms with Crippen molar-refractivity contribution in [3.63, 3.8) is 0 Å². The van der Waals surface area contributed by atoms with Crippen molar-refractivity contribution in [1.82, 2.24) is 19.7 Å². The van der Waals surface area contributed by atoms with E-state index in [9.17, 15) is 22.8 Å². The molecule has 0 saturated carbocycles. The minimum atomic E-state index is -4.47. The van der Waals surface area contributed by atoms with E-state index in [1.165, 1.54) is 29.2 Å². The fraction of sp³-hybridized carbons (Fsp3) is 0.225. The van der Waals surface area contributed by atoms with Crippen molar-refractivity contribution >= 4 is 17.9 Å². The minimum Gasteiger partial charge on any atom is -0.468 e. The number of rotatable bonds is 14. The van der Waals surface area contributed by atoms with Gasteiger partial charge < -0.3 is 14.2 Å². The predicted molar refractivity (Wildman–Crippen MR) is 187 cm³/mol. The molecule has 0 aliphatic carbocycles. The number of halogens is 3. The zero-order chi connectivity index (χ0) is 35.5. The molecule has 0 aliphatic heterocycles. The van der Waals surface area contributed by atoms with Gasteiger partial charge in [-0.2, -0.15) is 13.2 Å². The van der Waals surface area contributed by atoms with Gasteiger partial charge in [0.15, 0.2) is 0 Å². The first-order chi connectivity index (χ1) is 24.1. The number of amides is 2. The highest BCUT2D eigenvalue weighted by atomic mass is 19.4. The Bertz CT molecular complexity index is 1830. The monoisotopic (exact) mass is 680 g/mol. The van der Waals surface area contributed by atoms with Gasteiger partial charge in [-0.15, -0.1) is 0 Å². The largest absolute Gasteiger partial charge is 0.468 e. The second kappa shape index (κ2) is 16.8. The third-order valence-electron chi connectivity index (χ3n) is 8.34. The van der Waals surface area contributed by atoms with Gasteiger partial charge in [-0.1, -0.05) is 72.8 Å². The summed E-state index contributed by atoms with van der Waals surface area (Å²) in [6.07, 6.45) is 1.92. The highest BCUT2D eigenvalue weighted by molar-refractivity contribution is 5.95. The van der Waals surface area contributed by atoms with E-state index in [0.29, 0.717) is 25.2 Å². The number of hydrogen-bond acceptors (Lipinski definition) is 5. The Morgan fingerprint density at radius 2 is 1.52 bits per heavy atom. The summed E-state index contributed by atoms with van der Waals surface area (Å²) in [7, 11) is 3.67. The number of carbonyl (C=O) groups excluding carboxylic acids is 2. The van der Waals surface area contributed by atoms with Crippen LogP contribution in [-0.4, -0.2) is 64.7 Å². The van der Waals surface area contributed by atoms with Crippen molar-refractivity contribution < 1.29 is 27.2 Å².